The first kappa shape index (κ1) is 13.1. The molecule has 0 saturated carbocycles. The van der Waals surface area contributed by atoms with Crippen LogP contribution in [0.25, 0.3) is 6.08 Å². The van der Waals surface area contributed by atoms with Gasteiger partial charge in [-0.2, -0.15) is 0 Å². The summed E-state index contributed by atoms with van der Waals surface area (Å²) < 4.78 is 6.85. The molecule has 19 heavy (non-hydrogen) atoms. The maximum atomic E-state index is 11.3. The number of rotatable bonds is 5. The van der Waals surface area contributed by atoms with Gasteiger partial charge in [0.15, 0.2) is 0 Å². The summed E-state index contributed by atoms with van der Waals surface area (Å²) in [7, 11) is 0. The van der Waals surface area contributed by atoms with Crippen LogP contribution in [-0.2, 0) is 16.1 Å². The van der Waals surface area contributed by atoms with Crippen LogP contribution in [0.15, 0.2) is 49.1 Å². The molecule has 0 aliphatic carbocycles. The zero-order valence-corrected chi connectivity index (χ0v) is 10.8. The highest BCUT2D eigenvalue weighted by atomic mass is 16.5. The monoisotopic (exact) mass is 256 g/mol. The number of imidazole rings is 1. The summed E-state index contributed by atoms with van der Waals surface area (Å²) in [4.78, 5) is 15.3. The molecular weight excluding hydrogens is 240 g/mol. The van der Waals surface area contributed by atoms with Gasteiger partial charge in [-0.1, -0.05) is 24.3 Å². The van der Waals surface area contributed by atoms with Crippen LogP contribution in [0.1, 0.15) is 18.1 Å². The minimum absolute atomic E-state index is 0.320. The fraction of sp³-hybridized carbons (Fsp3) is 0.200. The second-order valence-corrected chi connectivity index (χ2v) is 4.02. The van der Waals surface area contributed by atoms with Crippen LogP contribution in [0.4, 0.5) is 0 Å². The number of nitrogens with zero attached hydrogens (tertiary/aromatic N) is 2. The minimum Gasteiger partial charge on any atom is -0.463 e. The highest BCUT2D eigenvalue weighted by molar-refractivity contribution is 5.87. The molecule has 1 aromatic carbocycles. The molecule has 4 nitrogen and oxygen atoms in total. The molecular formula is C15H16N2O2. The van der Waals surface area contributed by atoms with Gasteiger partial charge in [0.1, 0.15) is 0 Å². The fourth-order valence-corrected chi connectivity index (χ4v) is 1.77. The van der Waals surface area contributed by atoms with E-state index in [-0.39, 0.29) is 5.97 Å². The smallest absolute Gasteiger partial charge is 0.330 e. The lowest BCUT2D eigenvalue weighted by molar-refractivity contribution is -0.137. The molecule has 0 unspecified atom stereocenters. The van der Waals surface area contributed by atoms with E-state index in [1.165, 1.54) is 6.08 Å². The van der Waals surface area contributed by atoms with Crippen LogP contribution in [0.3, 0.4) is 0 Å². The molecule has 2 aromatic rings. The normalized spacial score (nSPS) is 10.8. The number of carbonyl (C=O) groups excluding carboxylic acids is 1. The van der Waals surface area contributed by atoms with Crippen molar-refractivity contribution in [1.82, 2.24) is 9.55 Å². The van der Waals surface area contributed by atoms with Gasteiger partial charge in [0.25, 0.3) is 0 Å². The maximum Gasteiger partial charge on any atom is 0.330 e. The first-order valence-corrected chi connectivity index (χ1v) is 6.18. The third kappa shape index (κ3) is 3.81. The van der Waals surface area contributed by atoms with Gasteiger partial charge in [0, 0.05) is 25.0 Å². The van der Waals surface area contributed by atoms with Crippen LogP contribution in [0, 0.1) is 0 Å². The highest BCUT2D eigenvalue weighted by Gasteiger charge is 2.01. The van der Waals surface area contributed by atoms with Crippen LogP contribution in [0.2, 0.25) is 0 Å². The maximum absolute atomic E-state index is 11.3. The van der Waals surface area contributed by atoms with E-state index in [0.29, 0.717) is 6.61 Å². The van der Waals surface area contributed by atoms with Gasteiger partial charge in [0.2, 0.25) is 0 Å². The highest BCUT2D eigenvalue weighted by Crippen LogP contribution is 2.12. The summed E-state index contributed by atoms with van der Waals surface area (Å²) in [5.74, 6) is -0.320. The van der Waals surface area contributed by atoms with Crippen LogP contribution < -0.4 is 0 Å². The van der Waals surface area contributed by atoms with E-state index < -0.39 is 0 Å². The van der Waals surface area contributed by atoms with Gasteiger partial charge in [-0.05, 0) is 24.1 Å². The van der Waals surface area contributed by atoms with E-state index in [2.05, 4.69) is 4.98 Å². The molecule has 1 aromatic heterocycles. The van der Waals surface area contributed by atoms with Crippen molar-refractivity contribution in [2.75, 3.05) is 6.61 Å². The number of hydrogen-bond acceptors (Lipinski definition) is 3. The second kappa shape index (κ2) is 6.54. The van der Waals surface area contributed by atoms with Crippen molar-refractivity contribution in [2.24, 2.45) is 0 Å². The molecule has 0 radical (unpaired) electrons. The van der Waals surface area contributed by atoms with Gasteiger partial charge in [-0.15, -0.1) is 0 Å². The first-order valence-electron chi connectivity index (χ1n) is 6.18. The average Bonchev–Trinajstić information content (AvgIpc) is 2.91. The van der Waals surface area contributed by atoms with E-state index in [1.807, 2.05) is 35.0 Å². The number of benzene rings is 1. The van der Waals surface area contributed by atoms with E-state index in [9.17, 15) is 4.79 Å². The Hall–Kier alpha value is -2.36. The molecule has 98 valence electrons. The van der Waals surface area contributed by atoms with Crippen molar-refractivity contribution in [3.63, 3.8) is 0 Å². The molecule has 2 rings (SSSR count). The Labute approximate surface area is 112 Å². The molecule has 0 atom stereocenters. The summed E-state index contributed by atoms with van der Waals surface area (Å²) in [5, 5.41) is 0. The largest absolute Gasteiger partial charge is 0.463 e. The quantitative estimate of drug-likeness (QED) is 0.610. The van der Waals surface area contributed by atoms with Crippen molar-refractivity contribution in [3.05, 3.63) is 60.2 Å². The molecule has 0 aliphatic rings. The number of hydrogen-bond donors (Lipinski definition) is 0. The SMILES string of the molecule is CCOC(=O)C=Cc1ccccc1Cn1ccnc1. The van der Waals surface area contributed by atoms with Crippen molar-refractivity contribution in [1.29, 1.82) is 0 Å². The molecule has 0 amide bonds. The second-order valence-electron chi connectivity index (χ2n) is 4.02. The number of esters is 1. The zero-order chi connectivity index (χ0) is 13.5. The lowest BCUT2D eigenvalue weighted by Crippen LogP contribution is -2.00. The van der Waals surface area contributed by atoms with Gasteiger partial charge in [0.05, 0.1) is 12.9 Å². The van der Waals surface area contributed by atoms with Crippen molar-refractivity contribution in [2.45, 2.75) is 13.5 Å². The molecule has 0 spiro atoms. The lowest BCUT2D eigenvalue weighted by atomic mass is 10.1. The Kier molecular flexibility index (Phi) is 4.50. The van der Waals surface area contributed by atoms with Gasteiger partial charge >= 0.3 is 5.97 Å². The Morgan fingerprint density at radius 1 is 1.42 bits per heavy atom. The number of aromatic nitrogens is 2. The molecule has 0 N–H and O–H groups in total. The summed E-state index contributed by atoms with van der Waals surface area (Å²) in [5.41, 5.74) is 2.13. The molecule has 0 saturated heterocycles. The topological polar surface area (TPSA) is 44.1 Å². The predicted octanol–water partition coefficient (Wildman–Crippen LogP) is 2.51. The fourth-order valence-electron chi connectivity index (χ4n) is 1.77. The summed E-state index contributed by atoms with van der Waals surface area (Å²) in [6, 6.07) is 7.93. The number of carbonyl (C=O) groups is 1. The van der Waals surface area contributed by atoms with E-state index in [1.54, 1.807) is 25.5 Å². The Morgan fingerprint density at radius 3 is 3.00 bits per heavy atom. The Balaban J connectivity index is 2.14. The van der Waals surface area contributed by atoms with Gasteiger partial charge in [-0.25, -0.2) is 9.78 Å². The Bertz CT molecular complexity index is 559. The molecule has 1 heterocycles. The van der Waals surface area contributed by atoms with Crippen molar-refractivity contribution >= 4 is 12.0 Å². The third-order valence-electron chi connectivity index (χ3n) is 2.65. The van der Waals surface area contributed by atoms with Gasteiger partial charge < -0.3 is 9.30 Å². The minimum atomic E-state index is -0.320. The molecule has 0 fully saturated rings. The van der Waals surface area contributed by atoms with Gasteiger partial charge in [-0.3, -0.25) is 0 Å². The standard InChI is InChI=1S/C15H16N2O2/c1-2-19-15(18)8-7-13-5-3-4-6-14(13)11-17-10-9-16-12-17/h3-10,12H,2,11H2,1H3. The summed E-state index contributed by atoms with van der Waals surface area (Å²) >= 11 is 0. The van der Waals surface area contributed by atoms with E-state index in [0.717, 1.165) is 17.7 Å². The van der Waals surface area contributed by atoms with Crippen LogP contribution in [0.5, 0.6) is 0 Å². The third-order valence-corrected chi connectivity index (χ3v) is 2.65. The lowest BCUT2D eigenvalue weighted by Gasteiger charge is -2.06. The average molecular weight is 256 g/mol. The van der Waals surface area contributed by atoms with Crippen LogP contribution in [-0.4, -0.2) is 22.1 Å². The molecule has 0 aliphatic heterocycles. The first-order chi connectivity index (χ1) is 9.29. The zero-order valence-electron chi connectivity index (χ0n) is 10.8. The van der Waals surface area contributed by atoms with Crippen molar-refractivity contribution in [3.8, 4) is 0 Å². The van der Waals surface area contributed by atoms with Crippen molar-refractivity contribution < 1.29 is 9.53 Å². The number of ether oxygens (including phenoxy) is 1. The summed E-state index contributed by atoms with van der Waals surface area (Å²) in [6.45, 7) is 2.90. The van der Waals surface area contributed by atoms with E-state index >= 15 is 0 Å². The predicted molar refractivity (Wildman–Crippen MR) is 73.4 cm³/mol. The van der Waals surface area contributed by atoms with Crippen LogP contribution >= 0.6 is 0 Å². The molecule has 0 bridgehead atoms. The molecule has 4 heteroatoms. The summed E-state index contributed by atoms with van der Waals surface area (Å²) in [6.07, 6.45) is 8.66. The van der Waals surface area contributed by atoms with E-state index in [4.69, 9.17) is 4.74 Å². The Morgan fingerprint density at radius 2 is 2.26 bits per heavy atom.